The van der Waals surface area contributed by atoms with Crippen molar-refractivity contribution in [1.82, 2.24) is 20.3 Å². The zero-order valence-corrected chi connectivity index (χ0v) is 12.0. The first-order chi connectivity index (χ1) is 8.78. The molecule has 1 aromatic heterocycles. The van der Waals surface area contributed by atoms with Gasteiger partial charge in [0.25, 0.3) is 0 Å². The van der Waals surface area contributed by atoms with Crippen molar-refractivity contribution < 1.29 is 4.74 Å². The predicted molar refractivity (Wildman–Crippen MR) is 72.4 cm³/mol. The van der Waals surface area contributed by atoms with Gasteiger partial charge in [0.2, 0.25) is 0 Å². The van der Waals surface area contributed by atoms with Crippen LogP contribution in [-0.2, 0) is 11.3 Å². The minimum Gasteiger partial charge on any atom is -0.379 e. The van der Waals surface area contributed by atoms with E-state index in [1.165, 1.54) is 0 Å². The maximum Gasteiger partial charge on any atom is 0.0783 e. The second-order valence-electron chi connectivity index (χ2n) is 4.48. The van der Waals surface area contributed by atoms with Crippen LogP contribution in [-0.4, -0.2) is 34.8 Å². The van der Waals surface area contributed by atoms with Gasteiger partial charge in [-0.05, 0) is 19.4 Å². The number of methoxy groups -OCH3 is 1. The van der Waals surface area contributed by atoms with Gasteiger partial charge in [-0.3, -0.25) is 0 Å². The molecule has 1 heterocycles. The number of nitrogens with zero attached hydrogens (tertiary/aromatic N) is 3. The highest BCUT2D eigenvalue weighted by Gasteiger charge is 2.25. The van der Waals surface area contributed by atoms with Gasteiger partial charge in [-0.2, -0.15) is 0 Å². The first-order valence-corrected chi connectivity index (χ1v) is 6.92. The summed E-state index contributed by atoms with van der Waals surface area (Å²) in [6, 6.07) is 0.168. The van der Waals surface area contributed by atoms with Crippen LogP contribution < -0.4 is 5.32 Å². The van der Waals surface area contributed by atoms with Gasteiger partial charge in [-0.15, -0.1) is 5.10 Å². The third-order valence-corrected chi connectivity index (χ3v) is 3.07. The standard InChI is InChI=1S/C13H26N4O/c1-5-8-12(18-4)13(14-7-3)11-10-15-16-17(11)9-6-2/h10,12-14H,5-9H2,1-4H3. The summed E-state index contributed by atoms with van der Waals surface area (Å²) in [5.74, 6) is 0. The zero-order valence-electron chi connectivity index (χ0n) is 12.0. The van der Waals surface area contributed by atoms with Gasteiger partial charge in [0.15, 0.2) is 0 Å². The van der Waals surface area contributed by atoms with Gasteiger partial charge in [0, 0.05) is 13.7 Å². The molecule has 0 amide bonds. The first kappa shape index (κ1) is 15.1. The fourth-order valence-electron chi connectivity index (χ4n) is 2.24. The second kappa shape index (κ2) is 8.21. The molecule has 0 bridgehead atoms. The highest BCUT2D eigenvalue weighted by Crippen LogP contribution is 2.21. The highest BCUT2D eigenvalue weighted by molar-refractivity contribution is 5.05. The van der Waals surface area contributed by atoms with Crippen molar-refractivity contribution in [3.8, 4) is 0 Å². The van der Waals surface area contributed by atoms with E-state index in [0.29, 0.717) is 0 Å². The number of likely N-dealkylation sites (N-methyl/N-ethyl adjacent to an activating group) is 1. The van der Waals surface area contributed by atoms with E-state index in [9.17, 15) is 0 Å². The number of hydrogen-bond donors (Lipinski definition) is 1. The third kappa shape index (κ3) is 3.78. The summed E-state index contributed by atoms with van der Waals surface area (Å²) in [5, 5.41) is 11.7. The van der Waals surface area contributed by atoms with Crippen LogP contribution in [0, 0.1) is 0 Å². The number of nitrogens with one attached hydrogen (secondary N) is 1. The molecule has 5 nitrogen and oxygen atoms in total. The molecule has 1 N–H and O–H groups in total. The Labute approximate surface area is 110 Å². The third-order valence-electron chi connectivity index (χ3n) is 3.07. The lowest BCUT2D eigenvalue weighted by atomic mass is 10.0. The van der Waals surface area contributed by atoms with Gasteiger partial charge in [0.1, 0.15) is 0 Å². The molecule has 104 valence electrons. The van der Waals surface area contributed by atoms with Crippen LogP contribution in [0.4, 0.5) is 0 Å². The molecular weight excluding hydrogens is 228 g/mol. The Morgan fingerprint density at radius 2 is 2.11 bits per heavy atom. The molecule has 2 unspecified atom stereocenters. The fourth-order valence-corrected chi connectivity index (χ4v) is 2.24. The lowest BCUT2D eigenvalue weighted by molar-refractivity contribution is 0.0582. The predicted octanol–water partition coefficient (Wildman–Crippen LogP) is 2.15. The molecule has 0 aliphatic carbocycles. The van der Waals surface area contributed by atoms with Gasteiger partial charge >= 0.3 is 0 Å². The SMILES string of the molecule is CCCC(OC)C(NCC)c1cnnn1CCC. The summed E-state index contributed by atoms with van der Waals surface area (Å²) in [5.41, 5.74) is 1.12. The van der Waals surface area contributed by atoms with Crippen LogP contribution in [0.3, 0.4) is 0 Å². The number of ether oxygens (including phenoxy) is 1. The molecule has 18 heavy (non-hydrogen) atoms. The summed E-state index contributed by atoms with van der Waals surface area (Å²) in [7, 11) is 1.78. The lowest BCUT2D eigenvalue weighted by Gasteiger charge is -2.26. The Bertz CT molecular complexity index is 327. The van der Waals surface area contributed by atoms with Crippen molar-refractivity contribution in [3.05, 3.63) is 11.9 Å². The molecule has 0 spiro atoms. The Morgan fingerprint density at radius 3 is 2.67 bits per heavy atom. The fraction of sp³-hybridized carbons (Fsp3) is 0.846. The average molecular weight is 254 g/mol. The van der Waals surface area contributed by atoms with E-state index in [1.54, 1.807) is 7.11 Å². The molecular formula is C13H26N4O. The first-order valence-electron chi connectivity index (χ1n) is 6.92. The molecule has 0 saturated heterocycles. The van der Waals surface area contributed by atoms with E-state index in [-0.39, 0.29) is 12.1 Å². The van der Waals surface area contributed by atoms with Crippen molar-refractivity contribution in [3.63, 3.8) is 0 Å². The van der Waals surface area contributed by atoms with E-state index in [0.717, 1.165) is 38.0 Å². The Kier molecular flexibility index (Phi) is 6.90. The van der Waals surface area contributed by atoms with Gasteiger partial charge in [0.05, 0.1) is 24.0 Å². The Hall–Kier alpha value is -0.940. The van der Waals surface area contributed by atoms with Crippen LogP contribution >= 0.6 is 0 Å². The maximum absolute atomic E-state index is 5.63. The van der Waals surface area contributed by atoms with E-state index in [1.807, 2.05) is 10.9 Å². The number of hydrogen-bond acceptors (Lipinski definition) is 4. The molecule has 5 heteroatoms. The van der Waals surface area contributed by atoms with Crippen molar-refractivity contribution in [1.29, 1.82) is 0 Å². The number of aryl methyl sites for hydroxylation is 1. The van der Waals surface area contributed by atoms with Crippen LogP contribution in [0.25, 0.3) is 0 Å². The molecule has 0 aliphatic heterocycles. The number of rotatable bonds is 9. The minimum atomic E-state index is 0.168. The lowest BCUT2D eigenvalue weighted by Crippen LogP contribution is -2.35. The Morgan fingerprint density at radius 1 is 1.33 bits per heavy atom. The van der Waals surface area contributed by atoms with Crippen LogP contribution in [0.1, 0.15) is 51.8 Å². The van der Waals surface area contributed by atoms with Crippen LogP contribution in [0.5, 0.6) is 0 Å². The second-order valence-corrected chi connectivity index (χ2v) is 4.48. The van der Waals surface area contributed by atoms with E-state index in [2.05, 4.69) is 36.4 Å². The quantitative estimate of drug-likeness (QED) is 0.733. The molecule has 1 aromatic rings. The van der Waals surface area contributed by atoms with Crippen molar-refractivity contribution in [2.45, 2.75) is 58.7 Å². The van der Waals surface area contributed by atoms with Crippen LogP contribution in [0.15, 0.2) is 6.20 Å². The van der Waals surface area contributed by atoms with E-state index < -0.39 is 0 Å². The summed E-state index contributed by atoms with van der Waals surface area (Å²) in [6.07, 6.45) is 5.22. The maximum atomic E-state index is 5.63. The van der Waals surface area contributed by atoms with Crippen molar-refractivity contribution >= 4 is 0 Å². The number of aromatic nitrogens is 3. The summed E-state index contributed by atoms with van der Waals surface area (Å²) >= 11 is 0. The smallest absolute Gasteiger partial charge is 0.0783 e. The minimum absolute atomic E-state index is 0.168. The molecule has 2 atom stereocenters. The highest BCUT2D eigenvalue weighted by atomic mass is 16.5. The average Bonchev–Trinajstić information content (AvgIpc) is 2.82. The Balaban J connectivity index is 2.90. The topological polar surface area (TPSA) is 52.0 Å². The summed E-state index contributed by atoms with van der Waals surface area (Å²) in [6.45, 7) is 8.25. The van der Waals surface area contributed by atoms with Gasteiger partial charge in [-0.25, -0.2) is 4.68 Å². The molecule has 0 aliphatic rings. The summed E-state index contributed by atoms with van der Waals surface area (Å²) < 4.78 is 7.61. The largest absolute Gasteiger partial charge is 0.379 e. The zero-order chi connectivity index (χ0) is 13.4. The van der Waals surface area contributed by atoms with Crippen molar-refractivity contribution in [2.24, 2.45) is 0 Å². The van der Waals surface area contributed by atoms with Crippen LogP contribution in [0.2, 0.25) is 0 Å². The summed E-state index contributed by atoms with van der Waals surface area (Å²) in [4.78, 5) is 0. The molecule has 0 aromatic carbocycles. The van der Waals surface area contributed by atoms with Gasteiger partial charge in [-0.1, -0.05) is 32.4 Å². The molecule has 0 saturated carbocycles. The van der Waals surface area contributed by atoms with E-state index in [4.69, 9.17) is 4.74 Å². The normalized spacial score (nSPS) is 14.7. The van der Waals surface area contributed by atoms with Gasteiger partial charge < -0.3 is 10.1 Å². The van der Waals surface area contributed by atoms with Crippen molar-refractivity contribution in [2.75, 3.05) is 13.7 Å². The molecule has 0 radical (unpaired) electrons. The molecule has 1 rings (SSSR count). The molecule has 0 fully saturated rings. The monoisotopic (exact) mass is 254 g/mol. The van der Waals surface area contributed by atoms with E-state index >= 15 is 0 Å².